The molecule has 0 atom stereocenters. The van der Waals surface area contributed by atoms with E-state index in [9.17, 15) is 8.42 Å². The topological polar surface area (TPSA) is 108 Å². The van der Waals surface area contributed by atoms with Crippen molar-refractivity contribution >= 4 is 15.8 Å². The van der Waals surface area contributed by atoms with Gasteiger partial charge in [0, 0.05) is 33.5 Å². The normalized spacial score (nSPS) is 11.9. The lowest BCUT2D eigenvalue weighted by atomic mass is 10.3. The molecule has 0 unspecified atom stereocenters. The zero-order chi connectivity index (χ0) is 15.0. The molecule has 0 saturated carbocycles. The summed E-state index contributed by atoms with van der Waals surface area (Å²) >= 11 is 0. The Morgan fingerprint density at radius 3 is 2.70 bits per heavy atom. The second kappa shape index (κ2) is 8.20. The van der Waals surface area contributed by atoms with Crippen molar-refractivity contribution in [1.82, 2.24) is 14.5 Å². The molecule has 1 rings (SSSR count). The maximum Gasteiger partial charge on any atom is 0.245 e. The number of nitrogen functional groups attached to an aromatic ring is 1. The van der Waals surface area contributed by atoms with E-state index in [0.29, 0.717) is 32.8 Å². The zero-order valence-corrected chi connectivity index (χ0v) is 12.6. The van der Waals surface area contributed by atoms with Gasteiger partial charge in [0.2, 0.25) is 10.0 Å². The molecule has 1 aromatic heterocycles. The van der Waals surface area contributed by atoms with E-state index in [1.165, 1.54) is 10.9 Å². The molecule has 1 aromatic rings. The number of hydrogen-bond donors (Lipinski definition) is 2. The van der Waals surface area contributed by atoms with Crippen LogP contribution in [0.4, 0.5) is 5.82 Å². The van der Waals surface area contributed by atoms with Crippen molar-refractivity contribution in [2.24, 2.45) is 7.05 Å². The Morgan fingerprint density at radius 1 is 1.35 bits per heavy atom. The Morgan fingerprint density at radius 2 is 2.10 bits per heavy atom. The average Bonchev–Trinajstić information content (AvgIpc) is 2.72. The minimum Gasteiger partial charge on any atom is -0.382 e. The van der Waals surface area contributed by atoms with E-state index in [0.717, 1.165) is 6.42 Å². The first-order valence-corrected chi connectivity index (χ1v) is 7.81. The summed E-state index contributed by atoms with van der Waals surface area (Å²) < 4.78 is 37.9. The summed E-state index contributed by atoms with van der Waals surface area (Å²) in [5.74, 6) is 0.00268. The molecule has 8 nitrogen and oxygen atoms in total. The summed E-state index contributed by atoms with van der Waals surface area (Å²) in [7, 11) is -0.359. The molecule has 20 heavy (non-hydrogen) atoms. The van der Waals surface area contributed by atoms with Crippen LogP contribution in [0.2, 0.25) is 0 Å². The molecule has 3 N–H and O–H groups in total. The Hall–Kier alpha value is -1.16. The minimum absolute atomic E-state index is 0.00268. The number of anilines is 1. The van der Waals surface area contributed by atoms with Gasteiger partial charge in [-0.2, -0.15) is 5.10 Å². The smallest absolute Gasteiger partial charge is 0.245 e. The van der Waals surface area contributed by atoms with Gasteiger partial charge in [0.1, 0.15) is 4.90 Å². The van der Waals surface area contributed by atoms with Gasteiger partial charge in [-0.25, -0.2) is 13.1 Å². The third-order valence-corrected chi connectivity index (χ3v) is 4.03. The monoisotopic (exact) mass is 306 g/mol. The van der Waals surface area contributed by atoms with Crippen LogP contribution < -0.4 is 10.5 Å². The number of ether oxygens (including phenoxy) is 2. The number of aromatic nitrogens is 2. The molecule has 0 aliphatic rings. The summed E-state index contributed by atoms with van der Waals surface area (Å²) in [5.41, 5.74) is 5.54. The van der Waals surface area contributed by atoms with Crippen LogP contribution in [0.5, 0.6) is 0 Å². The maximum atomic E-state index is 11.9. The Balaban J connectivity index is 2.26. The molecule has 1 heterocycles. The summed E-state index contributed by atoms with van der Waals surface area (Å²) in [5, 5.41) is 3.81. The van der Waals surface area contributed by atoms with Crippen LogP contribution in [0.1, 0.15) is 12.8 Å². The zero-order valence-electron chi connectivity index (χ0n) is 11.8. The van der Waals surface area contributed by atoms with E-state index in [4.69, 9.17) is 15.2 Å². The molecular formula is C11H22N4O4S. The van der Waals surface area contributed by atoms with Gasteiger partial charge in [-0.1, -0.05) is 0 Å². The number of nitrogens with zero attached hydrogens (tertiary/aromatic N) is 2. The molecule has 0 aliphatic heterocycles. The summed E-state index contributed by atoms with van der Waals surface area (Å²) in [4.78, 5) is 0.0105. The van der Waals surface area contributed by atoms with Crippen molar-refractivity contribution in [3.63, 3.8) is 0 Å². The number of rotatable bonds is 10. The number of methoxy groups -OCH3 is 1. The van der Waals surface area contributed by atoms with Gasteiger partial charge in [0.05, 0.1) is 13.2 Å². The van der Waals surface area contributed by atoms with E-state index in [1.54, 1.807) is 14.2 Å². The first-order chi connectivity index (χ1) is 9.47. The van der Waals surface area contributed by atoms with Crippen LogP contribution in [0.25, 0.3) is 0 Å². The van der Waals surface area contributed by atoms with Gasteiger partial charge in [-0.3, -0.25) is 4.68 Å². The van der Waals surface area contributed by atoms with Crippen LogP contribution in [-0.2, 0) is 26.5 Å². The number of nitrogens with one attached hydrogen (secondary N) is 1. The highest BCUT2D eigenvalue weighted by atomic mass is 32.2. The molecule has 0 aromatic carbocycles. The van der Waals surface area contributed by atoms with Crippen LogP contribution in [0.3, 0.4) is 0 Å². The lowest BCUT2D eigenvalue weighted by molar-refractivity contribution is 0.0689. The van der Waals surface area contributed by atoms with Crippen LogP contribution >= 0.6 is 0 Å². The van der Waals surface area contributed by atoms with E-state index in [-0.39, 0.29) is 10.7 Å². The fourth-order valence-electron chi connectivity index (χ4n) is 1.55. The molecule has 0 saturated heterocycles. The third kappa shape index (κ3) is 5.45. The van der Waals surface area contributed by atoms with Crippen molar-refractivity contribution in [2.45, 2.75) is 17.7 Å². The Kier molecular flexibility index (Phi) is 6.93. The van der Waals surface area contributed by atoms with Gasteiger partial charge >= 0.3 is 0 Å². The lowest BCUT2D eigenvalue weighted by Crippen LogP contribution is -2.25. The molecule has 0 spiro atoms. The van der Waals surface area contributed by atoms with E-state index in [1.807, 2.05) is 0 Å². The largest absolute Gasteiger partial charge is 0.382 e. The Labute approximate surface area is 119 Å². The van der Waals surface area contributed by atoms with Crippen molar-refractivity contribution in [2.75, 3.05) is 39.2 Å². The van der Waals surface area contributed by atoms with Crippen molar-refractivity contribution in [3.8, 4) is 0 Å². The molecule has 0 aliphatic carbocycles. The maximum absolute atomic E-state index is 11.9. The van der Waals surface area contributed by atoms with Crippen molar-refractivity contribution < 1.29 is 17.9 Å². The molecule has 0 radical (unpaired) electrons. The van der Waals surface area contributed by atoms with Crippen molar-refractivity contribution in [1.29, 1.82) is 0 Å². The lowest BCUT2D eigenvalue weighted by Gasteiger charge is -2.06. The number of hydrogen-bond acceptors (Lipinski definition) is 6. The van der Waals surface area contributed by atoms with E-state index < -0.39 is 10.0 Å². The molecule has 0 fully saturated rings. The van der Waals surface area contributed by atoms with Gasteiger partial charge in [-0.15, -0.1) is 0 Å². The fourth-order valence-corrected chi connectivity index (χ4v) is 2.72. The van der Waals surface area contributed by atoms with Gasteiger partial charge < -0.3 is 15.2 Å². The second-order valence-electron chi connectivity index (χ2n) is 4.26. The number of nitrogens with two attached hydrogens (primary N) is 1. The van der Waals surface area contributed by atoms with Gasteiger partial charge in [-0.05, 0) is 12.8 Å². The number of sulfonamides is 1. The third-order valence-electron chi connectivity index (χ3n) is 2.55. The molecule has 9 heteroatoms. The summed E-state index contributed by atoms with van der Waals surface area (Å²) in [6, 6.07) is 0. The molecule has 0 bridgehead atoms. The first-order valence-electron chi connectivity index (χ1n) is 6.33. The molecule has 0 amide bonds. The quantitative estimate of drug-likeness (QED) is 0.576. The van der Waals surface area contributed by atoms with Crippen molar-refractivity contribution in [3.05, 3.63) is 6.20 Å². The van der Waals surface area contributed by atoms with Crippen LogP contribution in [0.15, 0.2) is 11.1 Å². The number of aryl methyl sites for hydroxylation is 1. The average molecular weight is 306 g/mol. The highest BCUT2D eigenvalue weighted by molar-refractivity contribution is 7.89. The SMILES string of the molecule is COCCOCCCCNS(=O)(=O)c1cn(C)nc1N. The second-order valence-corrected chi connectivity index (χ2v) is 6.00. The van der Waals surface area contributed by atoms with Crippen LogP contribution in [-0.4, -0.2) is 51.7 Å². The highest BCUT2D eigenvalue weighted by Gasteiger charge is 2.19. The van der Waals surface area contributed by atoms with Crippen LogP contribution in [0, 0.1) is 0 Å². The van der Waals surface area contributed by atoms with Gasteiger partial charge in [0.15, 0.2) is 5.82 Å². The summed E-state index contributed by atoms with van der Waals surface area (Å²) in [6.45, 7) is 2.03. The predicted octanol–water partition coefficient (Wildman–Crippen LogP) is -0.276. The number of unbranched alkanes of at least 4 members (excludes halogenated alkanes) is 1. The van der Waals surface area contributed by atoms with Gasteiger partial charge in [0.25, 0.3) is 0 Å². The Bertz CT molecular complexity index is 501. The standard InChI is InChI=1S/C11H22N4O4S/c1-15-9-10(11(12)14-15)20(16,17)13-5-3-4-6-19-8-7-18-2/h9,13H,3-8H2,1-2H3,(H2,12,14). The van der Waals surface area contributed by atoms with E-state index in [2.05, 4.69) is 9.82 Å². The highest BCUT2D eigenvalue weighted by Crippen LogP contribution is 2.14. The molecular weight excluding hydrogens is 284 g/mol. The molecule has 116 valence electrons. The van der Waals surface area contributed by atoms with E-state index >= 15 is 0 Å². The first kappa shape index (κ1) is 16.9. The predicted molar refractivity (Wildman–Crippen MR) is 74.7 cm³/mol. The summed E-state index contributed by atoms with van der Waals surface area (Å²) in [6.07, 6.45) is 2.84. The minimum atomic E-state index is -3.59. The fraction of sp³-hybridized carbons (Fsp3) is 0.727.